The lowest BCUT2D eigenvalue weighted by Gasteiger charge is -2.21. The minimum absolute atomic E-state index is 0.0600. The van der Waals surface area contributed by atoms with E-state index < -0.39 is 0 Å². The zero-order valence-corrected chi connectivity index (χ0v) is 12.7. The maximum Gasteiger partial charge on any atom is 0.258 e. The molecular formula is C16H19N5O. The van der Waals surface area contributed by atoms with Crippen molar-refractivity contribution in [3.8, 4) is 0 Å². The van der Waals surface area contributed by atoms with Crippen LogP contribution in [0.2, 0.25) is 0 Å². The van der Waals surface area contributed by atoms with Crippen LogP contribution in [0.25, 0.3) is 5.65 Å². The molecule has 3 heterocycles. The lowest BCUT2D eigenvalue weighted by molar-refractivity contribution is 0.363. The van der Waals surface area contributed by atoms with Crippen LogP contribution in [0, 0.1) is 0 Å². The molecule has 0 fully saturated rings. The summed E-state index contributed by atoms with van der Waals surface area (Å²) in [4.78, 5) is 16.6. The average Bonchev–Trinajstić information content (AvgIpc) is 3.06. The molecule has 3 rings (SSSR count). The van der Waals surface area contributed by atoms with Crippen LogP contribution in [0.4, 0.5) is 0 Å². The van der Waals surface area contributed by atoms with Crippen molar-refractivity contribution in [1.29, 1.82) is 0 Å². The molecule has 0 saturated carbocycles. The third-order valence-electron chi connectivity index (χ3n) is 3.89. The smallest absolute Gasteiger partial charge is 0.258 e. The normalized spacial score (nSPS) is 14.1. The summed E-state index contributed by atoms with van der Waals surface area (Å²) in [5, 5.41) is 7.66. The topological polar surface area (TPSA) is 64.2 Å². The summed E-state index contributed by atoms with van der Waals surface area (Å²) < 4.78 is 3.46. The molecule has 0 saturated heterocycles. The Kier molecular flexibility index (Phi) is 4.02. The molecule has 0 aromatic carbocycles. The first-order valence-corrected chi connectivity index (χ1v) is 7.35. The van der Waals surface area contributed by atoms with E-state index in [0.29, 0.717) is 12.2 Å². The second-order valence-corrected chi connectivity index (χ2v) is 5.41. The van der Waals surface area contributed by atoms with Gasteiger partial charge in [-0.3, -0.25) is 13.9 Å². The van der Waals surface area contributed by atoms with Crippen LogP contribution < -0.4 is 10.9 Å². The highest BCUT2D eigenvalue weighted by molar-refractivity contribution is 5.37. The van der Waals surface area contributed by atoms with Crippen LogP contribution in [-0.2, 0) is 6.54 Å². The van der Waals surface area contributed by atoms with Crippen molar-refractivity contribution in [2.24, 2.45) is 0 Å². The van der Waals surface area contributed by atoms with Crippen LogP contribution in [0.1, 0.15) is 25.6 Å². The van der Waals surface area contributed by atoms with E-state index in [4.69, 9.17) is 0 Å². The molecule has 0 aliphatic carbocycles. The summed E-state index contributed by atoms with van der Waals surface area (Å²) in [6.45, 7) is 4.75. The van der Waals surface area contributed by atoms with Crippen LogP contribution in [-0.4, -0.2) is 25.2 Å². The summed E-state index contributed by atoms with van der Waals surface area (Å²) in [6.07, 6.45) is 5.45. The number of aromatic nitrogens is 4. The fourth-order valence-corrected chi connectivity index (χ4v) is 2.38. The van der Waals surface area contributed by atoms with Crippen molar-refractivity contribution in [2.45, 2.75) is 32.5 Å². The molecule has 3 aromatic rings. The van der Waals surface area contributed by atoms with Gasteiger partial charge in [-0.25, -0.2) is 4.98 Å². The first-order chi connectivity index (χ1) is 10.6. The van der Waals surface area contributed by atoms with E-state index in [0.717, 1.165) is 5.69 Å². The predicted octanol–water partition coefficient (Wildman–Crippen LogP) is 1.63. The molecule has 2 atom stereocenters. The van der Waals surface area contributed by atoms with Crippen LogP contribution in [0.5, 0.6) is 0 Å². The van der Waals surface area contributed by atoms with Crippen molar-refractivity contribution >= 4 is 5.65 Å². The number of pyridine rings is 1. The van der Waals surface area contributed by atoms with Gasteiger partial charge in [0.1, 0.15) is 5.65 Å². The Hall–Kier alpha value is -2.47. The van der Waals surface area contributed by atoms with E-state index in [1.165, 1.54) is 0 Å². The van der Waals surface area contributed by atoms with Crippen molar-refractivity contribution < 1.29 is 0 Å². The van der Waals surface area contributed by atoms with E-state index in [1.807, 2.05) is 35.1 Å². The van der Waals surface area contributed by atoms with Crippen LogP contribution in [0.15, 0.2) is 53.7 Å². The molecule has 0 amide bonds. The molecule has 22 heavy (non-hydrogen) atoms. The second kappa shape index (κ2) is 6.11. The molecular weight excluding hydrogens is 278 g/mol. The minimum Gasteiger partial charge on any atom is -0.307 e. The molecule has 6 nitrogen and oxygen atoms in total. The molecule has 1 N–H and O–H groups in total. The highest BCUT2D eigenvalue weighted by Crippen LogP contribution is 2.09. The molecule has 0 radical (unpaired) electrons. The second-order valence-electron chi connectivity index (χ2n) is 5.41. The van der Waals surface area contributed by atoms with Crippen LogP contribution >= 0.6 is 0 Å². The number of hydrogen-bond donors (Lipinski definition) is 1. The average molecular weight is 297 g/mol. The van der Waals surface area contributed by atoms with Gasteiger partial charge in [0.25, 0.3) is 5.56 Å². The zero-order chi connectivity index (χ0) is 15.5. The molecule has 3 aromatic heterocycles. The number of hydrogen-bond acceptors (Lipinski definition) is 4. The summed E-state index contributed by atoms with van der Waals surface area (Å²) >= 11 is 0. The van der Waals surface area contributed by atoms with Gasteiger partial charge in [-0.2, -0.15) is 5.10 Å². The molecule has 0 unspecified atom stereocenters. The number of nitrogens with one attached hydrogen (secondary N) is 1. The zero-order valence-electron chi connectivity index (χ0n) is 12.7. The minimum atomic E-state index is -0.0600. The van der Waals surface area contributed by atoms with E-state index in [9.17, 15) is 4.79 Å². The van der Waals surface area contributed by atoms with E-state index in [1.54, 1.807) is 22.9 Å². The predicted molar refractivity (Wildman–Crippen MR) is 84.7 cm³/mol. The first kappa shape index (κ1) is 14.5. The van der Waals surface area contributed by atoms with Gasteiger partial charge in [0.2, 0.25) is 0 Å². The quantitative estimate of drug-likeness (QED) is 0.777. The van der Waals surface area contributed by atoms with Gasteiger partial charge < -0.3 is 5.32 Å². The van der Waals surface area contributed by atoms with Gasteiger partial charge in [-0.05, 0) is 32.0 Å². The SMILES string of the molecule is C[C@H](NCc1cc(=O)n2ccccc2n1)[C@H](C)n1cccn1. The molecule has 0 spiro atoms. The summed E-state index contributed by atoms with van der Waals surface area (Å²) in [7, 11) is 0. The molecule has 6 heteroatoms. The van der Waals surface area contributed by atoms with Gasteiger partial charge in [-0.1, -0.05) is 6.07 Å². The lowest BCUT2D eigenvalue weighted by Crippen LogP contribution is -2.34. The Balaban J connectivity index is 1.72. The summed E-state index contributed by atoms with van der Waals surface area (Å²) in [5.41, 5.74) is 1.35. The van der Waals surface area contributed by atoms with E-state index >= 15 is 0 Å². The standard InChI is InChI=1S/C16H19N5O/c1-12(13(2)21-9-5-7-18-21)17-11-14-10-16(22)20-8-4-3-6-15(20)19-14/h3-10,12-13,17H,11H2,1-2H3/t12-,13-/m0/s1. The third-order valence-corrected chi connectivity index (χ3v) is 3.89. The third kappa shape index (κ3) is 2.92. The molecule has 0 aliphatic rings. The van der Waals surface area contributed by atoms with Crippen molar-refractivity contribution in [3.63, 3.8) is 0 Å². The number of nitrogens with zero attached hydrogens (tertiary/aromatic N) is 4. The Morgan fingerprint density at radius 1 is 1.23 bits per heavy atom. The molecule has 114 valence electrons. The lowest BCUT2D eigenvalue weighted by atomic mass is 10.1. The highest BCUT2D eigenvalue weighted by Gasteiger charge is 2.14. The van der Waals surface area contributed by atoms with Gasteiger partial charge in [-0.15, -0.1) is 0 Å². The summed E-state index contributed by atoms with van der Waals surface area (Å²) in [6, 6.07) is 9.44. The monoisotopic (exact) mass is 297 g/mol. The largest absolute Gasteiger partial charge is 0.307 e. The van der Waals surface area contributed by atoms with Crippen LogP contribution in [0.3, 0.4) is 0 Å². The Labute approximate surface area is 128 Å². The number of fused-ring (bicyclic) bond motifs is 1. The van der Waals surface area contributed by atoms with Crippen molar-refractivity contribution in [1.82, 2.24) is 24.5 Å². The van der Waals surface area contributed by atoms with Gasteiger partial charge >= 0.3 is 0 Å². The molecule has 0 aliphatic heterocycles. The molecule has 0 bridgehead atoms. The Morgan fingerprint density at radius 2 is 2.09 bits per heavy atom. The van der Waals surface area contributed by atoms with E-state index in [-0.39, 0.29) is 17.6 Å². The Bertz CT molecular complexity index is 809. The first-order valence-electron chi connectivity index (χ1n) is 7.35. The maximum absolute atomic E-state index is 12.0. The van der Waals surface area contributed by atoms with Gasteiger partial charge in [0, 0.05) is 37.2 Å². The van der Waals surface area contributed by atoms with Gasteiger partial charge in [0.15, 0.2) is 0 Å². The van der Waals surface area contributed by atoms with E-state index in [2.05, 4.69) is 29.2 Å². The Morgan fingerprint density at radius 3 is 2.86 bits per heavy atom. The van der Waals surface area contributed by atoms with Crippen molar-refractivity contribution in [3.05, 3.63) is 65.0 Å². The summed E-state index contributed by atoms with van der Waals surface area (Å²) in [5.74, 6) is 0. The number of rotatable bonds is 5. The fourth-order valence-electron chi connectivity index (χ4n) is 2.38. The van der Waals surface area contributed by atoms with Gasteiger partial charge in [0.05, 0.1) is 11.7 Å². The maximum atomic E-state index is 12.0. The van der Waals surface area contributed by atoms with Crippen molar-refractivity contribution in [2.75, 3.05) is 0 Å². The highest BCUT2D eigenvalue weighted by atomic mass is 16.1. The fraction of sp³-hybridized carbons (Fsp3) is 0.312.